The normalized spacial score (nSPS) is 20.3. The molecule has 0 aromatic heterocycles. The van der Waals surface area contributed by atoms with Crippen LogP contribution in [0, 0.1) is 0 Å². The second-order valence-corrected chi connectivity index (χ2v) is 9.79. The molecular formula is C23H30Cl2N4O4. The Labute approximate surface area is 204 Å². The predicted molar refractivity (Wildman–Crippen MR) is 129 cm³/mol. The van der Waals surface area contributed by atoms with Crippen molar-refractivity contribution in [2.24, 2.45) is 4.99 Å². The molecule has 0 saturated carbocycles. The third kappa shape index (κ3) is 6.32. The maximum absolute atomic E-state index is 12.8. The van der Waals surface area contributed by atoms with E-state index in [0.717, 1.165) is 12.0 Å². The number of likely N-dealkylation sites (tertiary alicyclic amines) is 1. The minimum absolute atomic E-state index is 0.0554. The molecule has 2 atom stereocenters. The maximum Gasteiger partial charge on any atom is 0.410 e. The lowest BCUT2D eigenvalue weighted by molar-refractivity contribution is -0.126. The van der Waals surface area contributed by atoms with Crippen molar-refractivity contribution in [3.8, 4) is 5.75 Å². The van der Waals surface area contributed by atoms with Crippen LogP contribution in [0.3, 0.4) is 0 Å². The van der Waals surface area contributed by atoms with Gasteiger partial charge >= 0.3 is 6.09 Å². The molecule has 8 nitrogen and oxygen atoms in total. The second-order valence-electron chi connectivity index (χ2n) is 9.01. The molecule has 1 saturated heterocycles. The molecule has 0 radical (unpaired) electrons. The topological polar surface area (TPSA) is 92.3 Å². The van der Waals surface area contributed by atoms with E-state index >= 15 is 0 Å². The van der Waals surface area contributed by atoms with E-state index in [1.807, 2.05) is 0 Å². The number of hydrogen-bond acceptors (Lipinski definition) is 6. The van der Waals surface area contributed by atoms with E-state index in [-0.39, 0.29) is 11.8 Å². The number of carbonyl (C=O) groups excluding carboxylic acids is 2. The van der Waals surface area contributed by atoms with Crippen molar-refractivity contribution >= 4 is 41.0 Å². The zero-order valence-electron chi connectivity index (χ0n) is 19.1. The average Bonchev–Trinajstić information content (AvgIpc) is 3.41. The summed E-state index contributed by atoms with van der Waals surface area (Å²) in [5, 5.41) is 0.874. The van der Waals surface area contributed by atoms with Gasteiger partial charge in [-0.05, 0) is 45.7 Å². The molecule has 0 aliphatic carbocycles. The molecule has 2 amide bonds. The molecule has 10 heteroatoms. The van der Waals surface area contributed by atoms with Crippen molar-refractivity contribution in [3.05, 3.63) is 40.4 Å². The first kappa shape index (κ1) is 25.2. The number of hydrogen-bond donors (Lipinski definition) is 2. The maximum atomic E-state index is 12.8. The Morgan fingerprint density at radius 1 is 1.33 bits per heavy atom. The molecule has 1 fully saturated rings. The molecule has 2 N–H and O–H groups in total. The van der Waals surface area contributed by atoms with Gasteiger partial charge in [0.1, 0.15) is 29.8 Å². The number of nitrogens with zero attached hydrogens (tertiary/aromatic N) is 2. The number of carbonyl (C=O) groups is 2. The fourth-order valence-electron chi connectivity index (χ4n) is 3.87. The summed E-state index contributed by atoms with van der Waals surface area (Å²) in [6, 6.07) is 2.89. The van der Waals surface area contributed by atoms with Crippen LogP contribution in [-0.2, 0) is 9.53 Å². The summed E-state index contributed by atoms with van der Waals surface area (Å²) >= 11 is 12.7. The highest BCUT2D eigenvalue weighted by Crippen LogP contribution is 2.41. The van der Waals surface area contributed by atoms with Crippen molar-refractivity contribution in [2.75, 3.05) is 19.7 Å². The van der Waals surface area contributed by atoms with Crippen LogP contribution in [0.5, 0.6) is 5.75 Å². The SMILES string of the molecule is C=CCOc1ccc(Cl)c(Cl)c1[C@H]1CN=C(NNC(=O)C2CCCN2C(=O)OC(C)(C)C)C1. The molecule has 1 aromatic rings. The first-order valence-electron chi connectivity index (χ1n) is 10.9. The van der Waals surface area contributed by atoms with E-state index in [1.54, 1.807) is 39.0 Å². The highest BCUT2D eigenvalue weighted by molar-refractivity contribution is 6.42. The summed E-state index contributed by atoms with van der Waals surface area (Å²) < 4.78 is 11.2. The Kier molecular flexibility index (Phi) is 8.13. The highest BCUT2D eigenvalue weighted by Gasteiger charge is 2.37. The van der Waals surface area contributed by atoms with Gasteiger partial charge in [0.2, 0.25) is 0 Å². The number of hydrazine groups is 1. The first-order valence-corrected chi connectivity index (χ1v) is 11.7. The van der Waals surface area contributed by atoms with E-state index < -0.39 is 17.7 Å². The highest BCUT2D eigenvalue weighted by atomic mass is 35.5. The minimum Gasteiger partial charge on any atom is -0.489 e. The Hall–Kier alpha value is -2.45. The van der Waals surface area contributed by atoms with Crippen molar-refractivity contribution < 1.29 is 19.1 Å². The minimum atomic E-state index is -0.623. The molecule has 2 heterocycles. The fourth-order valence-corrected chi connectivity index (χ4v) is 4.34. The van der Waals surface area contributed by atoms with Crippen molar-refractivity contribution in [2.45, 2.75) is 57.6 Å². The zero-order valence-corrected chi connectivity index (χ0v) is 20.6. The second kappa shape index (κ2) is 10.7. The molecule has 1 unspecified atom stereocenters. The third-order valence-corrected chi connectivity index (χ3v) is 6.13. The van der Waals surface area contributed by atoms with Crippen LogP contribution in [-0.4, -0.2) is 54.1 Å². The van der Waals surface area contributed by atoms with E-state index in [1.165, 1.54) is 4.90 Å². The van der Waals surface area contributed by atoms with Gasteiger partial charge in [0.15, 0.2) is 0 Å². The van der Waals surface area contributed by atoms with Crippen LogP contribution in [0.4, 0.5) is 4.79 Å². The van der Waals surface area contributed by atoms with Gasteiger partial charge in [-0.2, -0.15) is 0 Å². The molecule has 2 aliphatic rings. The quantitative estimate of drug-likeness (QED) is 0.463. The Morgan fingerprint density at radius 3 is 2.79 bits per heavy atom. The number of amidine groups is 1. The van der Waals surface area contributed by atoms with Crippen LogP contribution in [0.2, 0.25) is 10.0 Å². The van der Waals surface area contributed by atoms with Gasteiger partial charge in [0.05, 0.1) is 10.0 Å². The van der Waals surface area contributed by atoms with E-state index in [4.69, 9.17) is 32.7 Å². The van der Waals surface area contributed by atoms with Crippen LogP contribution in [0.25, 0.3) is 0 Å². The van der Waals surface area contributed by atoms with Crippen molar-refractivity contribution in [1.29, 1.82) is 0 Å². The van der Waals surface area contributed by atoms with Gasteiger partial charge in [-0.15, -0.1) is 0 Å². The standard InChI is InChI=1S/C23H30Cl2N4O4/c1-5-11-32-17-9-8-15(24)20(25)19(17)14-12-18(26-13-14)27-28-21(30)16-7-6-10-29(16)22(31)33-23(2,3)4/h5,8-9,14,16H,1,6-7,10-13H2,2-4H3,(H,26,27)(H,28,30)/t14-,16?/m1/s1. The number of nitrogens with one attached hydrogen (secondary N) is 2. The van der Waals surface area contributed by atoms with E-state index in [0.29, 0.717) is 54.2 Å². The monoisotopic (exact) mass is 496 g/mol. The van der Waals surface area contributed by atoms with Gasteiger partial charge in [-0.3, -0.25) is 25.5 Å². The lowest BCUT2D eigenvalue weighted by Crippen LogP contribution is -2.52. The van der Waals surface area contributed by atoms with Gasteiger partial charge < -0.3 is 9.47 Å². The summed E-state index contributed by atoms with van der Waals surface area (Å²) in [4.78, 5) is 31.2. The first-order chi connectivity index (χ1) is 15.6. The molecule has 0 spiro atoms. The Morgan fingerprint density at radius 2 is 2.09 bits per heavy atom. The van der Waals surface area contributed by atoms with Crippen LogP contribution in [0.15, 0.2) is 29.8 Å². The fraction of sp³-hybridized carbons (Fsp3) is 0.522. The predicted octanol–water partition coefficient (Wildman–Crippen LogP) is 4.46. The number of ether oxygens (including phenoxy) is 2. The average molecular weight is 497 g/mol. The molecule has 2 aliphatic heterocycles. The zero-order chi connectivity index (χ0) is 24.2. The smallest absolute Gasteiger partial charge is 0.410 e. The van der Waals surface area contributed by atoms with Crippen LogP contribution in [0.1, 0.15) is 51.5 Å². The summed E-state index contributed by atoms with van der Waals surface area (Å²) in [5.74, 6) is 0.884. The number of benzene rings is 1. The third-order valence-electron chi connectivity index (χ3n) is 5.31. The molecule has 1 aromatic carbocycles. The Balaban J connectivity index is 1.59. The van der Waals surface area contributed by atoms with Gasteiger partial charge in [-0.25, -0.2) is 4.79 Å². The van der Waals surface area contributed by atoms with E-state index in [2.05, 4.69) is 22.4 Å². The van der Waals surface area contributed by atoms with Gasteiger partial charge in [0, 0.05) is 31.0 Å². The molecule has 3 rings (SSSR count). The van der Waals surface area contributed by atoms with Gasteiger partial charge in [0.25, 0.3) is 5.91 Å². The number of aliphatic imine (C=N–C) groups is 1. The summed E-state index contributed by atoms with van der Waals surface area (Å²) in [7, 11) is 0. The van der Waals surface area contributed by atoms with E-state index in [9.17, 15) is 9.59 Å². The van der Waals surface area contributed by atoms with Crippen molar-refractivity contribution in [3.63, 3.8) is 0 Å². The van der Waals surface area contributed by atoms with Crippen LogP contribution >= 0.6 is 23.2 Å². The van der Waals surface area contributed by atoms with Gasteiger partial charge in [-0.1, -0.05) is 35.9 Å². The summed E-state index contributed by atoms with van der Waals surface area (Å²) in [6.45, 7) is 10.4. The van der Waals surface area contributed by atoms with Crippen LogP contribution < -0.4 is 15.6 Å². The number of halogens is 2. The van der Waals surface area contributed by atoms with Crippen molar-refractivity contribution in [1.82, 2.24) is 15.8 Å². The summed E-state index contributed by atoms with van der Waals surface area (Å²) in [6.07, 6.45) is 3.00. The molecule has 33 heavy (non-hydrogen) atoms. The lowest BCUT2D eigenvalue weighted by Gasteiger charge is -2.28. The molecule has 0 bridgehead atoms. The lowest BCUT2D eigenvalue weighted by atomic mass is 9.96. The number of rotatable bonds is 5. The number of amides is 2. The Bertz CT molecular complexity index is 945. The summed E-state index contributed by atoms with van der Waals surface area (Å²) in [5.41, 5.74) is 5.75. The molecule has 180 valence electrons. The molecular weight excluding hydrogens is 467 g/mol. The largest absolute Gasteiger partial charge is 0.489 e.